The summed E-state index contributed by atoms with van der Waals surface area (Å²) in [7, 11) is 0. The zero-order valence-electron chi connectivity index (χ0n) is 14.3. The van der Waals surface area contributed by atoms with E-state index in [4.69, 9.17) is 4.74 Å². The smallest absolute Gasteiger partial charge is 0.258 e. The summed E-state index contributed by atoms with van der Waals surface area (Å²) in [5, 5.41) is 5.72. The molecule has 0 fully saturated rings. The molecule has 0 aliphatic carbocycles. The van der Waals surface area contributed by atoms with Gasteiger partial charge in [0.1, 0.15) is 10.8 Å². The number of carbonyl (C=O) groups excluding carboxylic acids is 1. The fourth-order valence-corrected chi connectivity index (χ4v) is 3.27. The van der Waals surface area contributed by atoms with Crippen molar-refractivity contribution in [1.82, 2.24) is 10.3 Å². The van der Waals surface area contributed by atoms with Crippen molar-refractivity contribution in [1.29, 1.82) is 0 Å². The number of thiazole rings is 1. The van der Waals surface area contributed by atoms with Crippen LogP contribution in [0.3, 0.4) is 0 Å². The van der Waals surface area contributed by atoms with E-state index in [9.17, 15) is 4.79 Å². The molecule has 2 aromatic carbocycles. The summed E-state index contributed by atoms with van der Waals surface area (Å²) < 4.78 is 5.56. The number of rotatable bonds is 6. The monoisotopic (exact) mass is 352 g/mol. The summed E-state index contributed by atoms with van der Waals surface area (Å²) in [6.45, 7) is 4.42. The van der Waals surface area contributed by atoms with Gasteiger partial charge in [-0.15, -0.1) is 11.3 Å². The first-order valence-corrected chi connectivity index (χ1v) is 8.96. The van der Waals surface area contributed by atoms with Gasteiger partial charge in [-0.25, -0.2) is 4.98 Å². The van der Waals surface area contributed by atoms with Crippen LogP contribution in [-0.2, 0) is 11.3 Å². The third-order valence-corrected chi connectivity index (χ3v) is 4.47. The molecule has 1 heterocycles. The molecule has 0 saturated heterocycles. The van der Waals surface area contributed by atoms with Gasteiger partial charge in [0.15, 0.2) is 6.61 Å². The van der Waals surface area contributed by atoms with Gasteiger partial charge < -0.3 is 10.1 Å². The minimum atomic E-state index is -0.157. The van der Waals surface area contributed by atoms with Gasteiger partial charge in [0.2, 0.25) is 0 Å². The third kappa shape index (κ3) is 4.90. The highest BCUT2D eigenvalue weighted by Crippen LogP contribution is 2.21. The molecule has 1 aromatic heterocycles. The average molecular weight is 352 g/mol. The number of nitrogens with zero attached hydrogens (tertiary/aromatic N) is 1. The number of ether oxygens (including phenoxy) is 1. The second kappa shape index (κ2) is 7.94. The van der Waals surface area contributed by atoms with Crippen LogP contribution >= 0.6 is 11.3 Å². The van der Waals surface area contributed by atoms with Crippen LogP contribution in [0.15, 0.2) is 53.9 Å². The van der Waals surface area contributed by atoms with Crippen molar-refractivity contribution >= 4 is 17.2 Å². The van der Waals surface area contributed by atoms with E-state index >= 15 is 0 Å². The summed E-state index contributed by atoms with van der Waals surface area (Å²) in [6.07, 6.45) is 0. The second-order valence-electron chi connectivity index (χ2n) is 5.88. The number of nitrogens with one attached hydrogen (secondary N) is 1. The zero-order valence-corrected chi connectivity index (χ0v) is 15.1. The highest BCUT2D eigenvalue weighted by molar-refractivity contribution is 7.09. The maximum Gasteiger partial charge on any atom is 0.258 e. The van der Waals surface area contributed by atoms with Crippen molar-refractivity contribution in [3.05, 3.63) is 70.0 Å². The summed E-state index contributed by atoms with van der Waals surface area (Å²) in [5.41, 5.74) is 4.24. The van der Waals surface area contributed by atoms with E-state index in [0.29, 0.717) is 12.3 Å². The number of benzene rings is 2. The number of aryl methyl sites for hydroxylation is 2. The Morgan fingerprint density at radius 1 is 1.12 bits per heavy atom. The predicted octanol–water partition coefficient (Wildman–Crippen LogP) is 4.12. The lowest BCUT2D eigenvalue weighted by atomic mass is 10.1. The van der Waals surface area contributed by atoms with Crippen molar-refractivity contribution in [2.75, 3.05) is 6.61 Å². The maximum absolute atomic E-state index is 12.0. The van der Waals surface area contributed by atoms with Crippen LogP contribution in [0.2, 0.25) is 0 Å². The molecule has 0 atom stereocenters. The van der Waals surface area contributed by atoms with Crippen molar-refractivity contribution < 1.29 is 9.53 Å². The molecule has 0 spiro atoms. The van der Waals surface area contributed by atoms with Crippen molar-refractivity contribution in [2.24, 2.45) is 0 Å². The maximum atomic E-state index is 12.0. The fourth-order valence-electron chi connectivity index (χ4n) is 2.52. The normalized spacial score (nSPS) is 10.5. The topological polar surface area (TPSA) is 51.2 Å². The highest BCUT2D eigenvalue weighted by atomic mass is 32.1. The lowest BCUT2D eigenvalue weighted by molar-refractivity contribution is -0.123. The van der Waals surface area contributed by atoms with E-state index < -0.39 is 0 Å². The molecule has 3 rings (SSSR count). The summed E-state index contributed by atoms with van der Waals surface area (Å²) in [5.74, 6) is 0.559. The van der Waals surface area contributed by atoms with Gasteiger partial charge in [-0.05, 0) is 37.1 Å². The molecule has 1 amide bonds. The first kappa shape index (κ1) is 17.2. The Hall–Kier alpha value is -2.66. The van der Waals surface area contributed by atoms with Crippen molar-refractivity contribution in [2.45, 2.75) is 20.4 Å². The Bertz CT molecular complexity index is 839. The SMILES string of the molecule is Cc1cc(C)cc(OCC(=O)NCc2nc(-c3ccccc3)cs2)c1. The highest BCUT2D eigenvalue weighted by Gasteiger charge is 2.07. The van der Waals surface area contributed by atoms with E-state index in [0.717, 1.165) is 27.4 Å². The molecule has 0 radical (unpaired) electrons. The van der Waals surface area contributed by atoms with Gasteiger partial charge in [-0.2, -0.15) is 0 Å². The Labute approximate surface area is 151 Å². The van der Waals surface area contributed by atoms with E-state index in [1.54, 1.807) is 0 Å². The van der Waals surface area contributed by atoms with Gasteiger partial charge in [0.05, 0.1) is 12.2 Å². The second-order valence-corrected chi connectivity index (χ2v) is 6.82. The molecule has 25 heavy (non-hydrogen) atoms. The minimum absolute atomic E-state index is 0.000188. The molecule has 0 unspecified atom stereocenters. The molecule has 0 bridgehead atoms. The first-order valence-electron chi connectivity index (χ1n) is 8.08. The van der Waals surface area contributed by atoms with Crippen LogP contribution in [-0.4, -0.2) is 17.5 Å². The van der Waals surface area contributed by atoms with Crippen LogP contribution in [0.4, 0.5) is 0 Å². The molecular weight excluding hydrogens is 332 g/mol. The van der Waals surface area contributed by atoms with Crippen LogP contribution in [0.1, 0.15) is 16.1 Å². The van der Waals surface area contributed by atoms with Gasteiger partial charge in [0, 0.05) is 10.9 Å². The molecule has 0 saturated carbocycles. The predicted molar refractivity (Wildman–Crippen MR) is 101 cm³/mol. The Morgan fingerprint density at radius 3 is 2.56 bits per heavy atom. The largest absolute Gasteiger partial charge is 0.484 e. The number of amides is 1. The lowest BCUT2D eigenvalue weighted by Gasteiger charge is -2.08. The van der Waals surface area contributed by atoms with E-state index in [2.05, 4.69) is 16.4 Å². The van der Waals surface area contributed by atoms with Crippen molar-refractivity contribution in [3.8, 4) is 17.0 Å². The van der Waals surface area contributed by atoms with Crippen LogP contribution < -0.4 is 10.1 Å². The van der Waals surface area contributed by atoms with Gasteiger partial charge in [-0.3, -0.25) is 4.79 Å². The summed E-state index contributed by atoms with van der Waals surface area (Å²) >= 11 is 1.54. The van der Waals surface area contributed by atoms with E-state index in [-0.39, 0.29) is 12.5 Å². The zero-order chi connectivity index (χ0) is 17.6. The van der Waals surface area contributed by atoms with Gasteiger partial charge in [-0.1, -0.05) is 36.4 Å². The van der Waals surface area contributed by atoms with E-state index in [1.807, 2.05) is 61.7 Å². The average Bonchev–Trinajstić information content (AvgIpc) is 3.07. The Kier molecular flexibility index (Phi) is 5.46. The molecule has 1 N–H and O–H groups in total. The van der Waals surface area contributed by atoms with Gasteiger partial charge in [0.25, 0.3) is 5.91 Å². The first-order chi connectivity index (χ1) is 12.1. The quantitative estimate of drug-likeness (QED) is 0.726. The van der Waals surface area contributed by atoms with Crippen LogP contribution in [0.25, 0.3) is 11.3 Å². The third-order valence-electron chi connectivity index (χ3n) is 3.62. The Morgan fingerprint density at radius 2 is 1.84 bits per heavy atom. The van der Waals surface area contributed by atoms with Crippen LogP contribution in [0.5, 0.6) is 5.75 Å². The molecular formula is C20H20N2O2S. The standard InChI is InChI=1S/C20H20N2O2S/c1-14-8-15(2)10-17(9-14)24-12-19(23)21-11-20-22-18(13-25-20)16-6-4-3-5-7-16/h3-10,13H,11-12H2,1-2H3,(H,21,23). The van der Waals surface area contributed by atoms with Crippen molar-refractivity contribution in [3.63, 3.8) is 0 Å². The minimum Gasteiger partial charge on any atom is -0.484 e. The molecule has 3 aromatic rings. The molecule has 0 aliphatic rings. The van der Waals surface area contributed by atoms with Crippen LogP contribution in [0, 0.1) is 13.8 Å². The van der Waals surface area contributed by atoms with E-state index in [1.165, 1.54) is 11.3 Å². The molecule has 4 nitrogen and oxygen atoms in total. The summed E-state index contributed by atoms with van der Waals surface area (Å²) in [6, 6.07) is 15.9. The molecule has 128 valence electrons. The lowest BCUT2D eigenvalue weighted by Crippen LogP contribution is -2.28. The fraction of sp³-hybridized carbons (Fsp3) is 0.200. The van der Waals surface area contributed by atoms with Gasteiger partial charge >= 0.3 is 0 Å². The number of hydrogen-bond donors (Lipinski definition) is 1. The molecule has 5 heteroatoms. The number of carbonyl (C=O) groups is 1. The number of hydrogen-bond acceptors (Lipinski definition) is 4. The Balaban J connectivity index is 1.50. The number of aromatic nitrogens is 1. The summed E-state index contributed by atoms with van der Waals surface area (Å²) in [4.78, 5) is 16.5. The molecule has 0 aliphatic heterocycles.